The summed E-state index contributed by atoms with van der Waals surface area (Å²) in [6, 6.07) is 10.8. The van der Waals surface area contributed by atoms with Crippen LogP contribution in [0.25, 0.3) is 0 Å². The van der Waals surface area contributed by atoms with Gasteiger partial charge in [-0.3, -0.25) is 9.89 Å². The maximum Gasteiger partial charge on any atom is 0.191 e. The quantitative estimate of drug-likeness (QED) is 0.311. The Labute approximate surface area is 152 Å². The number of rotatable bonds is 9. The Hall–Kier alpha value is -1.85. The van der Waals surface area contributed by atoms with E-state index in [0.29, 0.717) is 0 Å². The third kappa shape index (κ3) is 7.71. The van der Waals surface area contributed by atoms with Crippen molar-refractivity contribution in [2.45, 2.75) is 19.9 Å². The lowest BCUT2D eigenvalue weighted by Crippen LogP contribution is -2.46. The van der Waals surface area contributed by atoms with Gasteiger partial charge in [-0.15, -0.1) is 6.58 Å². The fraction of sp³-hybridized carbons (Fsp3) is 0.550. The molecule has 1 saturated heterocycles. The second-order valence-corrected chi connectivity index (χ2v) is 6.39. The predicted molar refractivity (Wildman–Crippen MR) is 107 cm³/mol. The summed E-state index contributed by atoms with van der Waals surface area (Å²) in [6.45, 7) is 15.1. The monoisotopic (exact) mass is 343 g/mol. The third-order valence-corrected chi connectivity index (χ3v) is 4.37. The highest BCUT2D eigenvalue weighted by Crippen LogP contribution is 2.08. The summed E-state index contributed by atoms with van der Waals surface area (Å²) in [7, 11) is 0. The van der Waals surface area contributed by atoms with Crippen LogP contribution in [0.1, 0.15) is 18.9 Å². The maximum absolute atomic E-state index is 4.62. The van der Waals surface area contributed by atoms with Crippen molar-refractivity contribution in [1.29, 1.82) is 0 Å². The third-order valence-electron chi connectivity index (χ3n) is 4.37. The zero-order chi connectivity index (χ0) is 17.7. The normalized spacial score (nSPS) is 16.6. The highest BCUT2D eigenvalue weighted by Gasteiger charge is 2.16. The summed E-state index contributed by atoms with van der Waals surface area (Å²) in [6.07, 6.45) is 2.95. The summed E-state index contributed by atoms with van der Waals surface area (Å²) < 4.78 is 0. The van der Waals surface area contributed by atoms with Gasteiger partial charge < -0.3 is 15.5 Å². The SMILES string of the molecule is C=CCNC(=NCCCN1CCN(Cc2ccccc2)CC1)NCC. The molecule has 1 aromatic carbocycles. The molecule has 0 spiro atoms. The molecule has 1 heterocycles. The van der Waals surface area contributed by atoms with Crippen molar-refractivity contribution in [2.75, 3.05) is 52.4 Å². The highest BCUT2D eigenvalue weighted by molar-refractivity contribution is 5.79. The fourth-order valence-electron chi connectivity index (χ4n) is 3.01. The second-order valence-electron chi connectivity index (χ2n) is 6.39. The van der Waals surface area contributed by atoms with Crippen LogP contribution >= 0.6 is 0 Å². The molecule has 0 radical (unpaired) electrons. The van der Waals surface area contributed by atoms with E-state index in [4.69, 9.17) is 0 Å². The van der Waals surface area contributed by atoms with Gasteiger partial charge in [-0.2, -0.15) is 0 Å². The first-order valence-electron chi connectivity index (χ1n) is 9.43. The highest BCUT2D eigenvalue weighted by atomic mass is 15.3. The largest absolute Gasteiger partial charge is 0.357 e. The molecule has 1 aliphatic rings. The lowest BCUT2D eigenvalue weighted by Gasteiger charge is -2.34. The van der Waals surface area contributed by atoms with Crippen molar-refractivity contribution in [1.82, 2.24) is 20.4 Å². The van der Waals surface area contributed by atoms with Gasteiger partial charge in [0, 0.05) is 58.9 Å². The van der Waals surface area contributed by atoms with Crippen LogP contribution in [0.5, 0.6) is 0 Å². The molecule has 1 aliphatic heterocycles. The molecule has 138 valence electrons. The summed E-state index contributed by atoms with van der Waals surface area (Å²) >= 11 is 0. The molecular formula is C20H33N5. The van der Waals surface area contributed by atoms with E-state index in [2.05, 4.69) is 69.3 Å². The van der Waals surface area contributed by atoms with E-state index in [0.717, 1.165) is 71.3 Å². The van der Waals surface area contributed by atoms with Gasteiger partial charge in [0.25, 0.3) is 0 Å². The average molecular weight is 344 g/mol. The van der Waals surface area contributed by atoms with E-state index in [1.165, 1.54) is 5.56 Å². The van der Waals surface area contributed by atoms with Gasteiger partial charge in [0.2, 0.25) is 0 Å². The first-order valence-corrected chi connectivity index (χ1v) is 9.43. The van der Waals surface area contributed by atoms with E-state index in [9.17, 15) is 0 Å². The molecule has 0 amide bonds. The number of hydrogen-bond acceptors (Lipinski definition) is 3. The number of nitrogens with one attached hydrogen (secondary N) is 2. The van der Waals surface area contributed by atoms with Crippen LogP contribution in [0.2, 0.25) is 0 Å². The number of hydrogen-bond donors (Lipinski definition) is 2. The van der Waals surface area contributed by atoms with E-state index in [1.54, 1.807) is 0 Å². The molecule has 0 aliphatic carbocycles. The second kappa shape index (κ2) is 11.7. The standard InChI is InChI=1S/C20H33N5/c1-3-11-22-20(21-4-2)23-12-8-13-24-14-16-25(17-15-24)18-19-9-6-5-7-10-19/h3,5-7,9-10H,1,4,8,11-18H2,2H3,(H2,21,22,23). The zero-order valence-electron chi connectivity index (χ0n) is 15.6. The van der Waals surface area contributed by atoms with Gasteiger partial charge in [-0.25, -0.2) is 0 Å². The Morgan fingerprint density at radius 2 is 1.84 bits per heavy atom. The molecule has 0 saturated carbocycles. The lowest BCUT2D eigenvalue weighted by atomic mass is 10.2. The molecule has 0 aromatic heterocycles. The first-order chi connectivity index (χ1) is 12.3. The van der Waals surface area contributed by atoms with E-state index >= 15 is 0 Å². The van der Waals surface area contributed by atoms with Crippen molar-refractivity contribution in [3.63, 3.8) is 0 Å². The molecule has 0 bridgehead atoms. The Morgan fingerprint density at radius 1 is 1.12 bits per heavy atom. The van der Waals surface area contributed by atoms with Crippen LogP contribution in [0.4, 0.5) is 0 Å². The van der Waals surface area contributed by atoms with Gasteiger partial charge in [-0.1, -0.05) is 36.4 Å². The Kier molecular flexibility index (Phi) is 9.08. The van der Waals surface area contributed by atoms with Crippen molar-refractivity contribution in [3.05, 3.63) is 48.6 Å². The molecule has 1 aromatic rings. The number of piperazine rings is 1. The molecule has 0 atom stereocenters. The molecule has 2 N–H and O–H groups in total. The Morgan fingerprint density at radius 3 is 2.52 bits per heavy atom. The average Bonchev–Trinajstić information content (AvgIpc) is 2.65. The van der Waals surface area contributed by atoms with Crippen molar-refractivity contribution in [2.24, 2.45) is 4.99 Å². The van der Waals surface area contributed by atoms with Crippen molar-refractivity contribution < 1.29 is 0 Å². The van der Waals surface area contributed by atoms with Gasteiger partial charge in [0.15, 0.2) is 5.96 Å². The van der Waals surface area contributed by atoms with Gasteiger partial charge >= 0.3 is 0 Å². The van der Waals surface area contributed by atoms with Crippen LogP contribution in [-0.4, -0.2) is 68.1 Å². The minimum absolute atomic E-state index is 0.745. The fourth-order valence-corrected chi connectivity index (χ4v) is 3.01. The smallest absolute Gasteiger partial charge is 0.191 e. The summed E-state index contributed by atoms with van der Waals surface area (Å²) in [4.78, 5) is 9.72. The van der Waals surface area contributed by atoms with Crippen molar-refractivity contribution >= 4 is 5.96 Å². The van der Waals surface area contributed by atoms with E-state index in [1.807, 2.05) is 6.08 Å². The van der Waals surface area contributed by atoms with Crippen LogP contribution in [0, 0.1) is 0 Å². The van der Waals surface area contributed by atoms with Crippen LogP contribution < -0.4 is 10.6 Å². The lowest BCUT2D eigenvalue weighted by molar-refractivity contribution is 0.127. The molecule has 25 heavy (non-hydrogen) atoms. The van der Waals surface area contributed by atoms with Gasteiger partial charge in [0.1, 0.15) is 0 Å². The van der Waals surface area contributed by atoms with Crippen LogP contribution in [0.3, 0.4) is 0 Å². The first kappa shape index (κ1) is 19.5. The van der Waals surface area contributed by atoms with Gasteiger partial charge in [-0.05, 0) is 18.9 Å². The van der Waals surface area contributed by atoms with E-state index in [-0.39, 0.29) is 0 Å². The Balaban J connectivity index is 1.62. The number of nitrogens with zero attached hydrogens (tertiary/aromatic N) is 3. The number of aliphatic imine (C=N–C) groups is 1. The van der Waals surface area contributed by atoms with E-state index < -0.39 is 0 Å². The topological polar surface area (TPSA) is 42.9 Å². The predicted octanol–water partition coefficient (Wildman–Crippen LogP) is 1.94. The summed E-state index contributed by atoms with van der Waals surface area (Å²) in [5.41, 5.74) is 1.41. The molecule has 0 unspecified atom stereocenters. The van der Waals surface area contributed by atoms with Crippen molar-refractivity contribution in [3.8, 4) is 0 Å². The molecule has 1 fully saturated rings. The summed E-state index contributed by atoms with van der Waals surface area (Å²) in [5.74, 6) is 0.884. The molecule has 5 nitrogen and oxygen atoms in total. The maximum atomic E-state index is 4.62. The minimum atomic E-state index is 0.745. The minimum Gasteiger partial charge on any atom is -0.357 e. The molecule has 2 rings (SSSR count). The van der Waals surface area contributed by atoms with Gasteiger partial charge in [0.05, 0.1) is 0 Å². The van der Waals surface area contributed by atoms with Crippen LogP contribution in [-0.2, 0) is 6.54 Å². The number of benzene rings is 1. The van der Waals surface area contributed by atoms with Crippen LogP contribution in [0.15, 0.2) is 48.0 Å². The summed E-state index contributed by atoms with van der Waals surface area (Å²) in [5, 5.41) is 6.49. The number of guanidine groups is 1. The Bertz CT molecular complexity index is 506. The zero-order valence-corrected chi connectivity index (χ0v) is 15.6. The molecule has 5 heteroatoms. The molecular weight excluding hydrogens is 310 g/mol.